The Hall–Kier alpha value is -1.71. The lowest BCUT2D eigenvalue weighted by molar-refractivity contribution is 0.385. The van der Waals surface area contributed by atoms with Crippen LogP contribution in [0.4, 0.5) is 0 Å². The van der Waals surface area contributed by atoms with Crippen LogP contribution in [0.3, 0.4) is 0 Å². The molecule has 16 heavy (non-hydrogen) atoms. The van der Waals surface area contributed by atoms with Crippen molar-refractivity contribution in [3.8, 4) is 0 Å². The van der Waals surface area contributed by atoms with Crippen LogP contribution in [0.15, 0.2) is 28.8 Å². The van der Waals surface area contributed by atoms with Crippen molar-refractivity contribution in [3.05, 3.63) is 41.9 Å². The Morgan fingerprint density at radius 2 is 2.06 bits per heavy atom. The van der Waals surface area contributed by atoms with Gasteiger partial charge in [0.25, 0.3) is 0 Å². The highest BCUT2D eigenvalue weighted by atomic mass is 16.4. The normalized spacial score (nSPS) is 11.7. The maximum atomic E-state index is 5.59. The van der Waals surface area contributed by atoms with Crippen molar-refractivity contribution in [3.63, 3.8) is 0 Å². The van der Waals surface area contributed by atoms with Gasteiger partial charge in [0.15, 0.2) is 0 Å². The van der Waals surface area contributed by atoms with E-state index < -0.39 is 0 Å². The first kappa shape index (κ1) is 10.8. The lowest BCUT2D eigenvalue weighted by atomic mass is 9.89. The fourth-order valence-electron chi connectivity index (χ4n) is 1.49. The van der Waals surface area contributed by atoms with Crippen LogP contribution < -0.4 is 0 Å². The van der Waals surface area contributed by atoms with E-state index in [2.05, 4.69) is 15.2 Å². The van der Waals surface area contributed by atoms with E-state index in [4.69, 9.17) is 4.42 Å². The smallest absolute Gasteiger partial charge is 0.228 e. The SMILES string of the molecule is CCc1nnc(C(C)(C)c2ccccn2)o1. The molecule has 0 spiro atoms. The molecule has 2 heterocycles. The van der Waals surface area contributed by atoms with Gasteiger partial charge in [-0.1, -0.05) is 13.0 Å². The lowest BCUT2D eigenvalue weighted by Crippen LogP contribution is -2.20. The summed E-state index contributed by atoms with van der Waals surface area (Å²) >= 11 is 0. The standard InChI is InChI=1S/C12H15N3O/c1-4-10-14-15-11(16-10)12(2,3)9-7-5-6-8-13-9/h5-8H,4H2,1-3H3. The number of aromatic nitrogens is 3. The van der Waals surface area contributed by atoms with Crippen LogP contribution in [-0.4, -0.2) is 15.2 Å². The number of rotatable bonds is 3. The Morgan fingerprint density at radius 1 is 1.25 bits per heavy atom. The zero-order valence-corrected chi connectivity index (χ0v) is 9.77. The number of nitrogens with zero attached hydrogens (tertiary/aromatic N) is 3. The predicted octanol–water partition coefficient (Wildman–Crippen LogP) is 2.35. The van der Waals surface area contributed by atoms with Crippen molar-refractivity contribution in [2.45, 2.75) is 32.6 Å². The summed E-state index contributed by atoms with van der Waals surface area (Å²) in [7, 11) is 0. The van der Waals surface area contributed by atoms with Gasteiger partial charge in [0, 0.05) is 12.6 Å². The van der Waals surface area contributed by atoms with Gasteiger partial charge >= 0.3 is 0 Å². The van der Waals surface area contributed by atoms with Gasteiger partial charge in [0.1, 0.15) is 0 Å². The van der Waals surface area contributed by atoms with E-state index in [0.717, 1.165) is 12.1 Å². The van der Waals surface area contributed by atoms with Crippen LogP contribution in [0, 0.1) is 0 Å². The molecule has 2 aromatic rings. The Bertz CT molecular complexity index is 462. The summed E-state index contributed by atoms with van der Waals surface area (Å²) in [4.78, 5) is 4.33. The molecule has 0 radical (unpaired) electrons. The maximum Gasteiger partial charge on any atom is 0.228 e. The molecule has 0 aliphatic rings. The summed E-state index contributed by atoms with van der Waals surface area (Å²) in [5, 5.41) is 8.06. The first-order chi connectivity index (χ1) is 7.64. The molecule has 4 nitrogen and oxygen atoms in total. The van der Waals surface area contributed by atoms with Crippen molar-refractivity contribution < 1.29 is 4.42 Å². The number of hydrogen-bond donors (Lipinski definition) is 0. The average Bonchev–Trinajstić information content (AvgIpc) is 2.79. The third-order valence-corrected chi connectivity index (χ3v) is 2.61. The van der Waals surface area contributed by atoms with E-state index >= 15 is 0 Å². The molecule has 84 valence electrons. The van der Waals surface area contributed by atoms with Crippen molar-refractivity contribution in [1.29, 1.82) is 0 Å². The zero-order chi connectivity index (χ0) is 11.6. The van der Waals surface area contributed by atoms with Crippen LogP contribution in [-0.2, 0) is 11.8 Å². The summed E-state index contributed by atoms with van der Waals surface area (Å²) in [6.45, 7) is 6.05. The summed E-state index contributed by atoms with van der Waals surface area (Å²) in [6, 6.07) is 5.82. The molecule has 2 rings (SSSR count). The third-order valence-electron chi connectivity index (χ3n) is 2.61. The predicted molar refractivity (Wildman–Crippen MR) is 60.0 cm³/mol. The van der Waals surface area contributed by atoms with Gasteiger partial charge < -0.3 is 4.42 Å². The largest absolute Gasteiger partial charge is 0.424 e. The minimum atomic E-state index is -0.346. The Morgan fingerprint density at radius 3 is 2.62 bits per heavy atom. The van der Waals surface area contributed by atoms with Gasteiger partial charge in [-0.2, -0.15) is 0 Å². The van der Waals surface area contributed by atoms with Crippen molar-refractivity contribution in [2.75, 3.05) is 0 Å². The van der Waals surface area contributed by atoms with Crippen LogP contribution >= 0.6 is 0 Å². The fraction of sp³-hybridized carbons (Fsp3) is 0.417. The van der Waals surface area contributed by atoms with E-state index in [-0.39, 0.29) is 5.41 Å². The van der Waals surface area contributed by atoms with Crippen LogP contribution in [0.25, 0.3) is 0 Å². The summed E-state index contributed by atoms with van der Waals surface area (Å²) in [5.74, 6) is 1.28. The molecule has 0 aromatic carbocycles. The molecule has 0 aliphatic heterocycles. The van der Waals surface area contributed by atoms with Crippen molar-refractivity contribution >= 4 is 0 Å². The second-order valence-electron chi connectivity index (χ2n) is 4.19. The fourth-order valence-corrected chi connectivity index (χ4v) is 1.49. The van der Waals surface area contributed by atoms with E-state index in [9.17, 15) is 0 Å². The number of hydrogen-bond acceptors (Lipinski definition) is 4. The highest BCUT2D eigenvalue weighted by Crippen LogP contribution is 2.28. The van der Waals surface area contributed by atoms with Crippen LogP contribution in [0.5, 0.6) is 0 Å². The van der Waals surface area contributed by atoms with E-state index in [1.54, 1.807) is 6.20 Å². The van der Waals surface area contributed by atoms with Gasteiger partial charge in [-0.15, -0.1) is 10.2 Å². The highest BCUT2D eigenvalue weighted by Gasteiger charge is 2.30. The molecule has 0 N–H and O–H groups in total. The molecule has 0 saturated heterocycles. The maximum absolute atomic E-state index is 5.59. The Balaban J connectivity index is 2.38. The van der Waals surface area contributed by atoms with Gasteiger partial charge in [0.05, 0.1) is 11.1 Å². The summed E-state index contributed by atoms with van der Waals surface area (Å²) in [5.41, 5.74) is 0.586. The summed E-state index contributed by atoms with van der Waals surface area (Å²) < 4.78 is 5.59. The molecular weight excluding hydrogens is 202 g/mol. The van der Waals surface area contributed by atoms with E-state index in [0.29, 0.717) is 11.8 Å². The molecule has 0 amide bonds. The number of pyridine rings is 1. The van der Waals surface area contributed by atoms with E-state index in [1.165, 1.54) is 0 Å². The third kappa shape index (κ3) is 1.83. The molecule has 0 fully saturated rings. The van der Waals surface area contributed by atoms with Gasteiger partial charge in [-0.3, -0.25) is 4.98 Å². The van der Waals surface area contributed by atoms with Crippen molar-refractivity contribution in [2.24, 2.45) is 0 Å². The van der Waals surface area contributed by atoms with E-state index in [1.807, 2.05) is 39.0 Å². The first-order valence-electron chi connectivity index (χ1n) is 5.39. The molecule has 0 saturated carbocycles. The Labute approximate surface area is 94.7 Å². The molecule has 4 heteroatoms. The first-order valence-corrected chi connectivity index (χ1v) is 5.39. The second kappa shape index (κ2) is 4.04. The minimum Gasteiger partial charge on any atom is -0.424 e. The zero-order valence-electron chi connectivity index (χ0n) is 9.77. The molecule has 0 bridgehead atoms. The lowest BCUT2D eigenvalue weighted by Gasteiger charge is -2.18. The van der Waals surface area contributed by atoms with Gasteiger partial charge in [-0.05, 0) is 26.0 Å². The second-order valence-corrected chi connectivity index (χ2v) is 4.19. The van der Waals surface area contributed by atoms with Crippen LogP contribution in [0.1, 0.15) is 38.2 Å². The summed E-state index contributed by atoms with van der Waals surface area (Å²) in [6.07, 6.45) is 2.53. The molecular formula is C12H15N3O. The minimum absolute atomic E-state index is 0.346. The quantitative estimate of drug-likeness (QED) is 0.791. The topological polar surface area (TPSA) is 51.8 Å². The number of aryl methyl sites for hydroxylation is 1. The van der Waals surface area contributed by atoms with Gasteiger partial charge in [-0.25, -0.2) is 0 Å². The van der Waals surface area contributed by atoms with Gasteiger partial charge in [0.2, 0.25) is 11.8 Å². The monoisotopic (exact) mass is 217 g/mol. The molecule has 0 atom stereocenters. The highest BCUT2D eigenvalue weighted by molar-refractivity contribution is 5.22. The Kier molecular flexibility index (Phi) is 2.73. The molecule has 0 aliphatic carbocycles. The molecule has 2 aromatic heterocycles. The van der Waals surface area contributed by atoms with Crippen LogP contribution in [0.2, 0.25) is 0 Å². The molecule has 0 unspecified atom stereocenters. The average molecular weight is 217 g/mol. The van der Waals surface area contributed by atoms with Crippen molar-refractivity contribution in [1.82, 2.24) is 15.2 Å².